The first-order valence-corrected chi connectivity index (χ1v) is 14.2. The van der Waals surface area contributed by atoms with Crippen molar-refractivity contribution in [2.24, 2.45) is 11.1 Å². The fourth-order valence-corrected chi connectivity index (χ4v) is 7.27. The summed E-state index contributed by atoms with van der Waals surface area (Å²) in [5.41, 5.74) is 5.47. The van der Waals surface area contributed by atoms with Crippen LogP contribution in [0.4, 0.5) is 9.80 Å². The van der Waals surface area contributed by atoms with Crippen LogP contribution >= 0.6 is 23.1 Å². The van der Waals surface area contributed by atoms with E-state index in [0.29, 0.717) is 5.00 Å². The highest BCUT2D eigenvalue weighted by Gasteiger charge is 2.60. The molecule has 2 aliphatic heterocycles. The van der Waals surface area contributed by atoms with E-state index in [9.17, 15) is 19.2 Å². The Bertz CT molecular complexity index is 1310. The number of carbonyl (C=O) groups is 4. The molecule has 11 heteroatoms. The smallest absolute Gasteiger partial charge is 0.404 e. The molecule has 0 radical (unpaired) electrons. The molecule has 3 atom stereocenters. The lowest BCUT2D eigenvalue weighted by atomic mass is 9.87. The van der Waals surface area contributed by atoms with E-state index in [4.69, 9.17) is 15.2 Å². The molecule has 2 aliphatic rings. The van der Waals surface area contributed by atoms with Crippen LogP contribution in [0.3, 0.4) is 0 Å². The minimum atomic E-state index is -1.34. The second-order valence-electron chi connectivity index (χ2n) is 9.45. The average Bonchev–Trinajstić information content (AvgIpc) is 3.48. The number of thiophene rings is 1. The number of carbonyl (C=O) groups excluding carboxylic acids is 4. The number of ether oxygens (including phenoxy) is 2. The van der Waals surface area contributed by atoms with E-state index in [-0.39, 0.29) is 36.1 Å². The van der Waals surface area contributed by atoms with Gasteiger partial charge in [0.2, 0.25) is 11.8 Å². The Morgan fingerprint density at radius 2 is 1.69 bits per heavy atom. The summed E-state index contributed by atoms with van der Waals surface area (Å²) in [6.07, 6.45) is -1.73. The Morgan fingerprint density at radius 3 is 2.23 bits per heavy atom. The molecule has 0 bridgehead atoms. The molecule has 5 rings (SSSR count). The second kappa shape index (κ2) is 11.1. The van der Waals surface area contributed by atoms with Crippen molar-refractivity contribution in [2.75, 3.05) is 23.8 Å². The number of anilines is 1. The molecule has 0 saturated carbocycles. The van der Waals surface area contributed by atoms with Gasteiger partial charge in [0.05, 0.1) is 5.00 Å². The lowest BCUT2D eigenvalue weighted by molar-refractivity contribution is -0.167. The van der Waals surface area contributed by atoms with Crippen LogP contribution in [-0.4, -0.2) is 59.1 Å². The fraction of sp³-hybridized carbons (Fsp3) is 0.286. The molecule has 9 nitrogen and oxygen atoms in total. The molecule has 39 heavy (non-hydrogen) atoms. The first-order chi connectivity index (χ1) is 18.8. The number of primary amides is 1. The zero-order valence-electron chi connectivity index (χ0n) is 21.1. The minimum absolute atomic E-state index is 0.0292. The van der Waals surface area contributed by atoms with Crippen molar-refractivity contribution in [3.8, 4) is 0 Å². The highest BCUT2D eigenvalue weighted by molar-refractivity contribution is 8.00. The number of nitrogens with zero attached hydrogens (tertiary/aromatic N) is 2. The molecule has 2 saturated heterocycles. The number of rotatable bonds is 8. The monoisotopic (exact) mass is 565 g/mol. The molecular weight excluding hydrogens is 538 g/mol. The summed E-state index contributed by atoms with van der Waals surface area (Å²) in [5.74, 6) is -0.922. The minimum Gasteiger partial charge on any atom is -0.452 e. The van der Waals surface area contributed by atoms with Crippen LogP contribution in [0.25, 0.3) is 0 Å². The average molecular weight is 566 g/mol. The van der Waals surface area contributed by atoms with Crippen molar-refractivity contribution >= 4 is 52.0 Å². The van der Waals surface area contributed by atoms with Gasteiger partial charge in [-0.1, -0.05) is 60.7 Å². The van der Waals surface area contributed by atoms with Crippen LogP contribution in [-0.2, 0) is 23.9 Å². The summed E-state index contributed by atoms with van der Waals surface area (Å²) in [5, 5.41) is 2.18. The zero-order valence-corrected chi connectivity index (χ0v) is 22.7. The van der Waals surface area contributed by atoms with Crippen LogP contribution in [0.5, 0.6) is 0 Å². The lowest BCUT2D eigenvalue weighted by Crippen LogP contribution is -2.75. The number of esters is 1. The number of thioether (sulfide) groups is 1. The van der Waals surface area contributed by atoms with Gasteiger partial charge >= 0.3 is 12.1 Å². The molecule has 2 aromatic carbocycles. The van der Waals surface area contributed by atoms with Gasteiger partial charge < -0.3 is 20.1 Å². The van der Waals surface area contributed by atoms with E-state index in [0.717, 1.165) is 11.1 Å². The molecule has 3 aromatic rings. The van der Waals surface area contributed by atoms with Gasteiger partial charge in [0, 0.05) is 19.2 Å². The topological polar surface area (TPSA) is 119 Å². The molecule has 2 fully saturated rings. The second-order valence-corrected chi connectivity index (χ2v) is 11.5. The third kappa shape index (κ3) is 5.24. The van der Waals surface area contributed by atoms with E-state index in [2.05, 4.69) is 0 Å². The number of fused-ring (bicyclic) bond motifs is 1. The zero-order chi connectivity index (χ0) is 27.6. The van der Waals surface area contributed by atoms with Gasteiger partial charge in [0.25, 0.3) is 0 Å². The maximum Gasteiger partial charge on any atom is 0.404 e. The van der Waals surface area contributed by atoms with E-state index >= 15 is 0 Å². The van der Waals surface area contributed by atoms with E-state index in [1.54, 1.807) is 11.0 Å². The molecular formula is C28H27N3O6S2. The number of β-lactam (4-membered cyclic amide) rings is 1. The van der Waals surface area contributed by atoms with Gasteiger partial charge in [-0.3, -0.25) is 19.3 Å². The van der Waals surface area contributed by atoms with Crippen LogP contribution in [0, 0.1) is 5.41 Å². The maximum absolute atomic E-state index is 13.9. The molecule has 2 unspecified atom stereocenters. The lowest BCUT2D eigenvalue weighted by Gasteiger charge is -2.56. The van der Waals surface area contributed by atoms with E-state index < -0.39 is 29.6 Å². The van der Waals surface area contributed by atoms with Gasteiger partial charge in [0.1, 0.15) is 23.4 Å². The Hall–Kier alpha value is -3.83. The molecule has 202 valence electrons. The summed E-state index contributed by atoms with van der Waals surface area (Å²) in [6, 6.07) is 21.6. The summed E-state index contributed by atoms with van der Waals surface area (Å²) >= 11 is 2.73. The third-order valence-corrected chi connectivity index (χ3v) is 9.27. The van der Waals surface area contributed by atoms with Crippen LogP contribution in [0.2, 0.25) is 0 Å². The predicted octanol–water partition coefficient (Wildman–Crippen LogP) is 3.80. The first-order valence-electron chi connectivity index (χ1n) is 12.3. The number of benzene rings is 2. The van der Waals surface area contributed by atoms with Crippen molar-refractivity contribution in [1.29, 1.82) is 0 Å². The SMILES string of the molecule is CC(=O)N(c1cccs1)C1C(=O)N2CC(COC(N)=O)(C(=O)OC(c3ccccc3)c3ccccc3)CS[C@H]12. The first kappa shape index (κ1) is 26.8. The third-order valence-electron chi connectivity index (χ3n) is 6.83. The number of hydrogen-bond donors (Lipinski definition) is 1. The van der Waals surface area contributed by atoms with Crippen molar-refractivity contribution in [2.45, 2.75) is 24.4 Å². The molecule has 3 heterocycles. The number of amides is 3. The van der Waals surface area contributed by atoms with Crippen molar-refractivity contribution in [1.82, 2.24) is 4.90 Å². The number of nitrogens with two attached hydrogens (primary N) is 1. The van der Waals surface area contributed by atoms with Crippen LogP contribution < -0.4 is 10.6 Å². The predicted molar refractivity (Wildman–Crippen MR) is 148 cm³/mol. The van der Waals surface area contributed by atoms with Crippen molar-refractivity contribution in [3.63, 3.8) is 0 Å². The van der Waals surface area contributed by atoms with Gasteiger partial charge in [-0.15, -0.1) is 23.1 Å². The Labute approximate surface area is 233 Å². The fourth-order valence-electron chi connectivity index (χ4n) is 4.90. The summed E-state index contributed by atoms with van der Waals surface area (Å²) < 4.78 is 11.3. The van der Waals surface area contributed by atoms with Gasteiger partial charge in [0.15, 0.2) is 6.10 Å². The van der Waals surface area contributed by atoms with E-state index in [1.165, 1.54) is 34.9 Å². The number of hydrogen-bond acceptors (Lipinski definition) is 8. The molecule has 2 N–H and O–H groups in total. The summed E-state index contributed by atoms with van der Waals surface area (Å²) in [4.78, 5) is 54.4. The van der Waals surface area contributed by atoms with Crippen LogP contribution in [0.1, 0.15) is 24.2 Å². The summed E-state index contributed by atoms with van der Waals surface area (Å²) in [6.45, 7) is 1.06. The normalized spacial score (nSPS) is 22.0. The van der Waals surface area contributed by atoms with Crippen LogP contribution in [0.15, 0.2) is 78.2 Å². The Balaban J connectivity index is 1.41. The Kier molecular flexibility index (Phi) is 7.62. The molecule has 1 aromatic heterocycles. The Morgan fingerprint density at radius 1 is 1.05 bits per heavy atom. The van der Waals surface area contributed by atoms with Crippen molar-refractivity contribution in [3.05, 3.63) is 89.3 Å². The van der Waals surface area contributed by atoms with Gasteiger partial charge in [-0.2, -0.15) is 0 Å². The standard InChI is InChI=1S/C28H27N3O6S2/c1-18(32)31(21-13-8-14-38-21)22-24(33)30-15-28(16-36-27(29)35,17-39-25(22)30)26(34)37-23(19-9-4-2-5-10-19)20-11-6-3-7-12-20/h2-14,22-23,25H,15-17H2,1H3,(H2,29,35)/t22?,25-,28?/m1/s1. The highest BCUT2D eigenvalue weighted by Crippen LogP contribution is 2.46. The largest absolute Gasteiger partial charge is 0.452 e. The molecule has 3 amide bonds. The van der Waals surface area contributed by atoms with E-state index in [1.807, 2.05) is 72.1 Å². The molecule has 0 spiro atoms. The maximum atomic E-state index is 13.9. The quantitative estimate of drug-likeness (QED) is 0.326. The van der Waals surface area contributed by atoms with Gasteiger partial charge in [-0.05, 0) is 28.6 Å². The highest BCUT2D eigenvalue weighted by atomic mass is 32.2. The van der Waals surface area contributed by atoms with Crippen molar-refractivity contribution < 1.29 is 28.7 Å². The summed E-state index contributed by atoms with van der Waals surface area (Å²) in [7, 11) is 0. The molecule has 0 aliphatic carbocycles. The van der Waals surface area contributed by atoms with Gasteiger partial charge in [-0.25, -0.2) is 4.79 Å².